The maximum absolute atomic E-state index is 11.8. The molecular weight excluding hydrogens is 320 g/mol. The summed E-state index contributed by atoms with van der Waals surface area (Å²) in [5.74, 6) is -1.09. The number of rotatable bonds is 5. The fraction of sp³-hybridized carbons (Fsp3) is 0.0526. The van der Waals surface area contributed by atoms with E-state index in [1.807, 2.05) is 12.1 Å². The van der Waals surface area contributed by atoms with Crippen molar-refractivity contribution in [2.24, 2.45) is 5.73 Å². The first-order valence-electron chi connectivity index (χ1n) is 7.58. The zero-order chi connectivity index (χ0) is 17.8. The quantitative estimate of drug-likeness (QED) is 0.492. The van der Waals surface area contributed by atoms with E-state index in [2.05, 4.69) is 0 Å². The number of furan rings is 1. The number of hydrogen-bond acceptors (Lipinski definition) is 4. The first-order chi connectivity index (χ1) is 12.1. The second-order valence-electron chi connectivity index (χ2n) is 5.52. The smallest absolute Gasteiger partial charge is 0.274 e. The van der Waals surface area contributed by atoms with E-state index in [1.54, 1.807) is 54.4 Å². The Balaban J connectivity index is 2.07. The van der Waals surface area contributed by atoms with Crippen LogP contribution in [0.15, 0.2) is 65.5 Å². The van der Waals surface area contributed by atoms with Gasteiger partial charge in [-0.1, -0.05) is 24.3 Å². The van der Waals surface area contributed by atoms with Gasteiger partial charge in [0.05, 0.1) is 12.5 Å². The zero-order valence-corrected chi connectivity index (χ0v) is 13.2. The summed E-state index contributed by atoms with van der Waals surface area (Å²) in [5.41, 5.74) is 11.3. The van der Waals surface area contributed by atoms with Crippen molar-refractivity contribution in [2.75, 3.05) is 0 Å². The van der Waals surface area contributed by atoms with Crippen molar-refractivity contribution in [3.8, 4) is 11.1 Å². The second-order valence-corrected chi connectivity index (χ2v) is 5.52. The largest absolute Gasteiger partial charge is 0.472 e. The lowest BCUT2D eigenvalue weighted by Crippen LogP contribution is -2.18. The van der Waals surface area contributed by atoms with Crippen LogP contribution in [-0.2, 0) is 6.42 Å². The van der Waals surface area contributed by atoms with Crippen LogP contribution < -0.4 is 11.2 Å². The molecule has 2 aromatic carbocycles. The molecule has 6 heteroatoms. The fourth-order valence-corrected chi connectivity index (χ4v) is 2.74. The maximum atomic E-state index is 11.8. The van der Waals surface area contributed by atoms with Crippen LogP contribution in [0.2, 0.25) is 0 Å². The minimum Gasteiger partial charge on any atom is -0.472 e. The van der Waals surface area contributed by atoms with Gasteiger partial charge >= 0.3 is 0 Å². The van der Waals surface area contributed by atoms with Crippen LogP contribution in [0.5, 0.6) is 0 Å². The molecule has 0 radical (unpaired) electrons. The molecule has 6 nitrogen and oxygen atoms in total. The summed E-state index contributed by atoms with van der Waals surface area (Å²) in [7, 11) is 0. The van der Waals surface area contributed by atoms with E-state index in [0.29, 0.717) is 17.5 Å². The van der Waals surface area contributed by atoms with Gasteiger partial charge < -0.3 is 10.2 Å². The molecular formula is C19H16N2O4. The predicted molar refractivity (Wildman–Crippen MR) is 91.2 cm³/mol. The zero-order valence-electron chi connectivity index (χ0n) is 13.2. The normalized spacial score (nSPS) is 10.4. The molecule has 0 spiro atoms. The third kappa shape index (κ3) is 3.44. The number of amides is 2. The molecule has 0 aliphatic heterocycles. The van der Waals surface area contributed by atoms with Gasteiger partial charge in [0, 0.05) is 17.5 Å². The third-order valence-corrected chi connectivity index (χ3v) is 3.96. The van der Waals surface area contributed by atoms with Crippen molar-refractivity contribution in [3.63, 3.8) is 0 Å². The lowest BCUT2D eigenvalue weighted by atomic mass is 9.91. The molecule has 2 amide bonds. The van der Waals surface area contributed by atoms with Crippen molar-refractivity contribution in [3.05, 3.63) is 83.3 Å². The van der Waals surface area contributed by atoms with Crippen LogP contribution in [0.25, 0.3) is 11.1 Å². The highest BCUT2D eigenvalue weighted by atomic mass is 16.5. The van der Waals surface area contributed by atoms with Gasteiger partial charge in [0.25, 0.3) is 5.91 Å². The molecule has 3 aromatic rings. The highest BCUT2D eigenvalue weighted by Gasteiger charge is 2.15. The summed E-state index contributed by atoms with van der Waals surface area (Å²) in [5, 5.41) is 8.70. The Labute approximate surface area is 143 Å². The molecule has 0 fully saturated rings. The molecule has 0 saturated carbocycles. The molecule has 0 bridgehead atoms. The number of carbonyl (C=O) groups excluding carboxylic acids is 2. The van der Waals surface area contributed by atoms with Gasteiger partial charge in [0.2, 0.25) is 5.91 Å². The van der Waals surface area contributed by atoms with Crippen LogP contribution in [0.4, 0.5) is 0 Å². The number of benzene rings is 2. The monoisotopic (exact) mass is 336 g/mol. The lowest BCUT2D eigenvalue weighted by Gasteiger charge is -2.13. The molecule has 0 aliphatic carbocycles. The minimum atomic E-state index is -0.587. The van der Waals surface area contributed by atoms with E-state index in [9.17, 15) is 9.59 Å². The highest BCUT2D eigenvalue weighted by Crippen LogP contribution is 2.29. The van der Waals surface area contributed by atoms with Crippen LogP contribution in [-0.4, -0.2) is 17.0 Å². The van der Waals surface area contributed by atoms with Crippen molar-refractivity contribution >= 4 is 11.8 Å². The molecule has 0 saturated heterocycles. The Bertz CT molecular complexity index is 900. The number of nitrogens with one attached hydrogen (secondary N) is 1. The van der Waals surface area contributed by atoms with E-state index in [-0.39, 0.29) is 0 Å². The molecule has 0 unspecified atom stereocenters. The number of nitrogens with two attached hydrogens (primary N) is 1. The first-order valence-corrected chi connectivity index (χ1v) is 7.58. The summed E-state index contributed by atoms with van der Waals surface area (Å²) >= 11 is 0. The van der Waals surface area contributed by atoms with Crippen LogP contribution in [0.3, 0.4) is 0 Å². The molecule has 1 aromatic heterocycles. The van der Waals surface area contributed by atoms with Gasteiger partial charge in [-0.3, -0.25) is 14.8 Å². The predicted octanol–water partition coefficient (Wildman–Crippen LogP) is 2.76. The third-order valence-electron chi connectivity index (χ3n) is 3.96. The van der Waals surface area contributed by atoms with E-state index in [0.717, 1.165) is 22.3 Å². The standard InChI is InChI=1S/C19H16N2O4/c20-18(22)16-3-1-2-15(17(16)10-12-8-9-25-11-12)13-4-6-14(7-5-13)19(23)21-24/h1-9,11,24H,10H2,(H2,20,22)(H,21,23). The summed E-state index contributed by atoms with van der Waals surface area (Å²) in [6, 6.07) is 13.9. The van der Waals surface area contributed by atoms with Gasteiger partial charge in [-0.05, 0) is 46.5 Å². The van der Waals surface area contributed by atoms with Gasteiger partial charge in [-0.2, -0.15) is 0 Å². The van der Waals surface area contributed by atoms with Crippen LogP contribution in [0.1, 0.15) is 31.8 Å². The fourth-order valence-electron chi connectivity index (χ4n) is 2.74. The van der Waals surface area contributed by atoms with Gasteiger partial charge in [-0.25, -0.2) is 5.48 Å². The average Bonchev–Trinajstić information content (AvgIpc) is 3.14. The van der Waals surface area contributed by atoms with Crippen molar-refractivity contribution in [1.29, 1.82) is 0 Å². The SMILES string of the molecule is NC(=O)c1cccc(-c2ccc(C(=O)NO)cc2)c1Cc1ccoc1. The molecule has 1 heterocycles. The van der Waals surface area contributed by atoms with Crippen molar-refractivity contribution in [1.82, 2.24) is 5.48 Å². The Kier molecular flexibility index (Phi) is 4.63. The molecule has 0 aliphatic rings. The number of hydroxylamine groups is 1. The van der Waals surface area contributed by atoms with E-state index in [4.69, 9.17) is 15.4 Å². The van der Waals surface area contributed by atoms with E-state index >= 15 is 0 Å². The average molecular weight is 336 g/mol. The highest BCUT2D eigenvalue weighted by molar-refractivity contribution is 5.97. The van der Waals surface area contributed by atoms with Gasteiger partial charge in [-0.15, -0.1) is 0 Å². The number of primary amides is 1. The summed E-state index contributed by atoms with van der Waals surface area (Å²) < 4.78 is 5.10. The van der Waals surface area contributed by atoms with Gasteiger partial charge in [0.1, 0.15) is 0 Å². The molecule has 25 heavy (non-hydrogen) atoms. The summed E-state index contributed by atoms with van der Waals surface area (Å²) in [6.45, 7) is 0. The van der Waals surface area contributed by atoms with E-state index in [1.165, 1.54) is 0 Å². The van der Waals surface area contributed by atoms with Crippen molar-refractivity contribution in [2.45, 2.75) is 6.42 Å². The second kappa shape index (κ2) is 7.02. The van der Waals surface area contributed by atoms with Crippen LogP contribution >= 0.6 is 0 Å². The Morgan fingerprint density at radius 3 is 2.44 bits per heavy atom. The summed E-state index contributed by atoms with van der Waals surface area (Å²) in [6.07, 6.45) is 3.68. The lowest BCUT2D eigenvalue weighted by molar-refractivity contribution is 0.0706. The number of carbonyl (C=O) groups is 2. The maximum Gasteiger partial charge on any atom is 0.274 e. The van der Waals surface area contributed by atoms with Crippen LogP contribution in [0, 0.1) is 0 Å². The molecule has 126 valence electrons. The first kappa shape index (κ1) is 16.5. The van der Waals surface area contributed by atoms with E-state index < -0.39 is 11.8 Å². The summed E-state index contributed by atoms with van der Waals surface area (Å²) in [4.78, 5) is 23.3. The Morgan fingerprint density at radius 2 is 1.84 bits per heavy atom. The van der Waals surface area contributed by atoms with Crippen molar-refractivity contribution < 1.29 is 19.2 Å². The Hall–Kier alpha value is -3.38. The molecule has 0 atom stereocenters. The Morgan fingerprint density at radius 1 is 1.08 bits per heavy atom. The molecule has 3 rings (SSSR count). The molecule has 4 N–H and O–H groups in total. The minimum absolute atomic E-state index is 0.327. The number of hydrogen-bond donors (Lipinski definition) is 3. The van der Waals surface area contributed by atoms with Gasteiger partial charge in [0.15, 0.2) is 0 Å². The topological polar surface area (TPSA) is 106 Å².